The van der Waals surface area contributed by atoms with Crippen LogP contribution in [0.5, 0.6) is 0 Å². The number of carbonyl (C=O) groups excluding carboxylic acids is 1. The molecule has 72 valence electrons. The van der Waals surface area contributed by atoms with Crippen LogP contribution in [0, 0.1) is 0 Å². The summed E-state index contributed by atoms with van der Waals surface area (Å²) < 4.78 is 1.67. The monoisotopic (exact) mass is 200 g/mol. The Morgan fingerprint density at radius 3 is 2.85 bits per heavy atom. The molecule has 0 aliphatic carbocycles. The van der Waals surface area contributed by atoms with Crippen LogP contribution in [0.4, 0.5) is 0 Å². The highest BCUT2D eigenvalue weighted by Gasteiger charge is 2.14. The normalized spacial score (nSPS) is 10.4. The van der Waals surface area contributed by atoms with Crippen LogP contribution in [0.15, 0.2) is 6.20 Å². The molecule has 4 heteroatoms. The standard InChI is InChI=1S/C9H13ClN2O/c1-3-5-12-9(8(13)4-2)7(10)6-11-12/h6H,3-5H2,1-2H3. The molecule has 1 aromatic heterocycles. The summed E-state index contributed by atoms with van der Waals surface area (Å²) in [7, 11) is 0. The van der Waals surface area contributed by atoms with Crippen LogP contribution in [-0.2, 0) is 6.54 Å². The van der Waals surface area contributed by atoms with E-state index in [1.165, 1.54) is 6.20 Å². The lowest BCUT2D eigenvalue weighted by Crippen LogP contribution is -2.09. The molecule has 0 radical (unpaired) electrons. The van der Waals surface area contributed by atoms with E-state index in [4.69, 9.17) is 11.6 Å². The fraction of sp³-hybridized carbons (Fsp3) is 0.556. The Morgan fingerprint density at radius 2 is 2.31 bits per heavy atom. The Bertz CT molecular complexity index is 307. The van der Waals surface area contributed by atoms with Gasteiger partial charge >= 0.3 is 0 Å². The van der Waals surface area contributed by atoms with Crippen molar-refractivity contribution in [3.8, 4) is 0 Å². The number of halogens is 1. The molecule has 3 nitrogen and oxygen atoms in total. The predicted molar refractivity (Wildman–Crippen MR) is 52.1 cm³/mol. The van der Waals surface area contributed by atoms with E-state index in [-0.39, 0.29) is 5.78 Å². The summed E-state index contributed by atoms with van der Waals surface area (Å²) in [6.07, 6.45) is 2.94. The number of nitrogens with zero attached hydrogens (tertiary/aromatic N) is 2. The van der Waals surface area contributed by atoms with Crippen LogP contribution in [0.2, 0.25) is 5.02 Å². The number of ketones is 1. The van der Waals surface area contributed by atoms with Gasteiger partial charge in [0.2, 0.25) is 0 Å². The minimum Gasteiger partial charge on any atom is -0.292 e. The maximum Gasteiger partial charge on any atom is 0.182 e. The number of Topliss-reactive ketones (excluding diaryl/α,β-unsaturated/α-hetero) is 1. The average Bonchev–Trinajstić information content (AvgIpc) is 2.47. The first-order valence-corrected chi connectivity index (χ1v) is 4.83. The lowest BCUT2D eigenvalue weighted by Gasteiger charge is -2.03. The van der Waals surface area contributed by atoms with Gasteiger partial charge in [0.25, 0.3) is 0 Å². The molecule has 0 bridgehead atoms. The SMILES string of the molecule is CCCn1ncc(Cl)c1C(=O)CC. The molecule has 0 aliphatic heterocycles. The third kappa shape index (κ3) is 2.10. The number of aryl methyl sites for hydroxylation is 1. The van der Waals surface area contributed by atoms with Crippen molar-refractivity contribution in [2.24, 2.45) is 0 Å². The number of hydrogen-bond donors (Lipinski definition) is 0. The zero-order valence-electron chi connectivity index (χ0n) is 7.88. The summed E-state index contributed by atoms with van der Waals surface area (Å²) in [6, 6.07) is 0. The molecule has 0 fully saturated rings. The lowest BCUT2D eigenvalue weighted by molar-refractivity contribution is 0.0977. The number of hydrogen-bond acceptors (Lipinski definition) is 2. The van der Waals surface area contributed by atoms with Gasteiger partial charge in [-0.3, -0.25) is 9.48 Å². The van der Waals surface area contributed by atoms with Gasteiger partial charge in [0.15, 0.2) is 5.78 Å². The first kappa shape index (κ1) is 10.3. The van der Waals surface area contributed by atoms with E-state index in [0.717, 1.165) is 13.0 Å². The molecule has 0 unspecified atom stereocenters. The fourth-order valence-electron chi connectivity index (χ4n) is 1.19. The Kier molecular flexibility index (Phi) is 3.48. The molecular formula is C9H13ClN2O. The molecule has 0 atom stereocenters. The van der Waals surface area contributed by atoms with Crippen molar-refractivity contribution in [1.29, 1.82) is 0 Å². The van der Waals surface area contributed by atoms with Crippen molar-refractivity contribution in [3.05, 3.63) is 16.9 Å². The number of rotatable bonds is 4. The quantitative estimate of drug-likeness (QED) is 0.701. The zero-order valence-corrected chi connectivity index (χ0v) is 8.64. The molecule has 0 amide bonds. The number of aromatic nitrogens is 2. The molecule has 1 rings (SSSR count). The second kappa shape index (κ2) is 4.42. The largest absolute Gasteiger partial charge is 0.292 e. The summed E-state index contributed by atoms with van der Waals surface area (Å²) in [5, 5.41) is 4.50. The third-order valence-electron chi connectivity index (χ3n) is 1.82. The molecule has 13 heavy (non-hydrogen) atoms. The van der Waals surface area contributed by atoms with Crippen molar-refractivity contribution >= 4 is 17.4 Å². The van der Waals surface area contributed by atoms with Gasteiger partial charge in [-0.2, -0.15) is 5.10 Å². The van der Waals surface area contributed by atoms with Gasteiger partial charge in [0.1, 0.15) is 5.69 Å². The molecule has 0 saturated carbocycles. The van der Waals surface area contributed by atoms with E-state index >= 15 is 0 Å². The van der Waals surface area contributed by atoms with Crippen LogP contribution in [0.3, 0.4) is 0 Å². The van der Waals surface area contributed by atoms with Crippen LogP contribution in [0.25, 0.3) is 0 Å². The van der Waals surface area contributed by atoms with E-state index < -0.39 is 0 Å². The van der Waals surface area contributed by atoms with E-state index in [1.54, 1.807) is 4.68 Å². The Hall–Kier alpha value is -0.830. The van der Waals surface area contributed by atoms with Crippen LogP contribution < -0.4 is 0 Å². The van der Waals surface area contributed by atoms with Crippen LogP contribution >= 0.6 is 11.6 Å². The first-order chi connectivity index (χ1) is 6.20. The summed E-state index contributed by atoms with van der Waals surface area (Å²) in [6.45, 7) is 4.60. The minimum absolute atomic E-state index is 0.0518. The smallest absolute Gasteiger partial charge is 0.182 e. The second-order valence-corrected chi connectivity index (χ2v) is 3.25. The molecule has 0 saturated heterocycles. The number of carbonyl (C=O) groups is 1. The third-order valence-corrected chi connectivity index (χ3v) is 2.09. The van der Waals surface area contributed by atoms with Crippen LogP contribution in [0.1, 0.15) is 37.2 Å². The van der Waals surface area contributed by atoms with Gasteiger partial charge in [0, 0.05) is 13.0 Å². The van der Waals surface area contributed by atoms with Crippen molar-refractivity contribution in [3.63, 3.8) is 0 Å². The highest BCUT2D eigenvalue weighted by atomic mass is 35.5. The summed E-state index contributed by atoms with van der Waals surface area (Å²) in [4.78, 5) is 11.4. The summed E-state index contributed by atoms with van der Waals surface area (Å²) in [5.74, 6) is 0.0518. The van der Waals surface area contributed by atoms with Gasteiger partial charge < -0.3 is 0 Å². The lowest BCUT2D eigenvalue weighted by atomic mass is 10.2. The summed E-state index contributed by atoms with van der Waals surface area (Å²) in [5.41, 5.74) is 0.547. The van der Waals surface area contributed by atoms with Gasteiger partial charge in [-0.05, 0) is 6.42 Å². The molecule has 1 aromatic rings. The molecule has 0 aromatic carbocycles. The molecule has 0 spiro atoms. The van der Waals surface area contributed by atoms with Gasteiger partial charge in [-0.15, -0.1) is 0 Å². The maximum atomic E-state index is 11.4. The second-order valence-electron chi connectivity index (χ2n) is 2.84. The highest BCUT2D eigenvalue weighted by Crippen LogP contribution is 2.17. The highest BCUT2D eigenvalue weighted by molar-refractivity contribution is 6.33. The van der Waals surface area contributed by atoms with Gasteiger partial charge in [0.05, 0.1) is 11.2 Å². The zero-order chi connectivity index (χ0) is 9.84. The van der Waals surface area contributed by atoms with E-state index in [1.807, 2.05) is 13.8 Å². The van der Waals surface area contributed by atoms with Crippen molar-refractivity contribution in [1.82, 2.24) is 9.78 Å². The molecule has 0 aliphatic rings. The van der Waals surface area contributed by atoms with Crippen molar-refractivity contribution < 1.29 is 4.79 Å². The molecular weight excluding hydrogens is 188 g/mol. The molecule has 0 N–H and O–H groups in total. The average molecular weight is 201 g/mol. The Balaban J connectivity index is 3.01. The Morgan fingerprint density at radius 1 is 1.62 bits per heavy atom. The Labute approximate surface area is 82.7 Å². The van der Waals surface area contributed by atoms with E-state index in [2.05, 4.69) is 5.10 Å². The van der Waals surface area contributed by atoms with Crippen molar-refractivity contribution in [2.45, 2.75) is 33.2 Å². The van der Waals surface area contributed by atoms with Gasteiger partial charge in [-0.25, -0.2) is 0 Å². The van der Waals surface area contributed by atoms with Crippen molar-refractivity contribution in [2.75, 3.05) is 0 Å². The minimum atomic E-state index is 0.0518. The van der Waals surface area contributed by atoms with E-state index in [0.29, 0.717) is 17.1 Å². The first-order valence-electron chi connectivity index (χ1n) is 4.45. The maximum absolute atomic E-state index is 11.4. The predicted octanol–water partition coefficient (Wildman–Crippen LogP) is 2.54. The summed E-state index contributed by atoms with van der Waals surface area (Å²) >= 11 is 5.85. The van der Waals surface area contributed by atoms with Gasteiger partial charge in [-0.1, -0.05) is 25.4 Å². The fourth-order valence-corrected chi connectivity index (χ4v) is 1.44. The van der Waals surface area contributed by atoms with Crippen LogP contribution in [-0.4, -0.2) is 15.6 Å². The molecule has 1 heterocycles. The van der Waals surface area contributed by atoms with E-state index in [9.17, 15) is 4.79 Å². The topological polar surface area (TPSA) is 34.9 Å².